The summed E-state index contributed by atoms with van der Waals surface area (Å²) in [5.41, 5.74) is 1.37. The molecule has 126 valence electrons. The lowest BCUT2D eigenvalue weighted by atomic mass is 10.1. The third-order valence-corrected chi connectivity index (χ3v) is 4.25. The van der Waals surface area contributed by atoms with Crippen LogP contribution in [0.3, 0.4) is 0 Å². The van der Waals surface area contributed by atoms with E-state index in [1.54, 1.807) is 35.7 Å². The van der Waals surface area contributed by atoms with E-state index in [2.05, 4.69) is 10.6 Å². The third kappa shape index (κ3) is 4.52. The lowest BCUT2D eigenvalue weighted by Crippen LogP contribution is -2.28. The Kier molecular flexibility index (Phi) is 5.87. The van der Waals surface area contributed by atoms with Crippen LogP contribution in [0.4, 0.5) is 5.69 Å². The quantitative estimate of drug-likeness (QED) is 0.786. The minimum atomic E-state index is -0.336. The number of carbonyl (C=O) groups is 3. The normalized spacial score (nSPS) is 10.5. The maximum atomic E-state index is 12.3. The minimum absolute atomic E-state index is 0.0845. The van der Waals surface area contributed by atoms with E-state index in [9.17, 15) is 14.4 Å². The number of para-hydroxylation sites is 1. The highest BCUT2D eigenvalue weighted by atomic mass is 32.1. The highest BCUT2D eigenvalue weighted by molar-refractivity contribution is 7.12. The lowest BCUT2D eigenvalue weighted by molar-refractivity contribution is 0.0949. The van der Waals surface area contributed by atoms with Gasteiger partial charge in [0.25, 0.3) is 11.8 Å². The molecule has 0 fully saturated rings. The van der Waals surface area contributed by atoms with Gasteiger partial charge in [-0.1, -0.05) is 26.0 Å². The number of ketones is 1. The van der Waals surface area contributed by atoms with Crippen molar-refractivity contribution in [3.63, 3.8) is 0 Å². The molecule has 2 rings (SSSR count). The molecular weight excluding hydrogens is 324 g/mol. The Morgan fingerprint density at radius 1 is 1.12 bits per heavy atom. The Bertz CT molecular complexity index is 765. The standard InChI is InChI=1S/C18H20N2O3S/c1-11(2)9-19-17(22)14-6-4-5-7-15(14)20-18(23)16-8-13(10-24-16)12(3)21/h4-8,10-11H,9H2,1-3H3,(H,19,22)(H,20,23). The molecule has 2 aromatic rings. The number of anilines is 1. The Morgan fingerprint density at radius 2 is 1.83 bits per heavy atom. The van der Waals surface area contributed by atoms with Crippen molar-refractivity contribution in [1.82, 2.24) is 5.32 Å². The molecule has 0 spiro atoms. The topological polar surface area (TPSA) is 75.3 Å². The Morgan fingerprint density at radius 3 is 2.46 bits per heavy atom. The van der Waals surface area contributed by atoms with E-state index in [1.807, 2.05) is 13.8 Å². The zero-order valence-electron chi connectivity index (χ0n) is 13.9. The van der Waals surface area contributed by atoms with Gasteiger partial charge in [0.2, 0.25) is 0 Å². The predicted octanol–water partition coefficient (Wildman–Crippen LogP) is 3.59. The van der Waals surface area contributed by atoms with Crippen molar-refractivity contribution in [2.24, 2.45) is 5.92 Å². The van der Waals surface area contributed by atoms with E-state index in [1.165, 1.54) is 18.3 Å². The van der Waals surface area contributed by atoms with Gasteiger partial charge in [-0.3, -0.25) is 14.4 Å². The van der Waals surface area contributed by atoms with E-state index in [4.69, 9.17) is 0 Å². The Labute approximate surface area is 145 Å². The van der Waals surface area contributed by atoms with Gasteiger partial charge in [-0.05, 0) is 31.0 Å². The average molecular weight is 344 g/mol. The molecule has 0 aliphatic rings. The molecule has 2 amide bonds. The average Bonchev–Trinajstić information content (AvgIpc) is 3.03. The first kappa shape index (κ1) is 17.9. The SMILES string of the molecule is CC(=O)c1csc(C(=O)Nc2ccccc2C(=O)NCC(C)C)c1. The third-order valence-electron chi connectivity index (χ3n) is 3.32. The van der Waals surface area contributed by atoms with Crippen molar-refractivity contribution in [1.29, 1.82) is 0 Å². The minimum Gasteiger partial charge on any atom is -0.352 e. The van der Waals surface area contributed by atoms with Crippen LogP contribution < -0.4 is 10.6 Å². The summed E-state index contributed by atoms with van der Waals surface area (Å²) >= 11 is 1.20. The second-order valence-electron chi connectivity index (χ2n) is 5.86. The highest BCUT2D eigenvalue weighted by Crippen LogP contribution is 2.20. The van der Waals surface area contributed by atoms with Crippen LogP contribution in [0.5, 0.6) is 0 Å². The van der Waals surface area contributed by atoms with Crippen LogP contribution in [0.25, 0.3) is 0 Å². The molecule has 0 aliphatic carbocycles. The van der Waals surface area contributed by atoms with Gasteiger partial charge in [0, 0.05) is 17.5 Å². The first-order chi connectivity index (χ1) is 11.4. The van der Waals surface area contributed by atoms with Crippen LogP contribution in [0.1, 0.15) is 51.2 Å². The molecule has 1 aromatic heterocycles. The summed E-state index contributed by atoms with van der Waals surface area (Å²) in [6, 6.07) is 8.41. The summed E-state index contributed by atoms with van der Waals surface area (Å²) in [6.07, 6.45) is 0. The van der Waals surface area contributed by atoms with Gasteiger partial charge >= 0.3 is 0 Å². The van der Waals surface area contributed by atoms with E-state index < -0.39 is 0 Å². The van der Waals surface area contributed by atoms with Gasteiger partial charge in [-0.2, -0.15) is 0 Å². The predicted molar refractivity (Wildman–Crippen MR) is 95.9 cm³/mol. The second-order valence-corrected chi connectivity index (χ2v) is 6.77. The van der Waals surface area contributed by atoms with Crippen LogP contribution in [0, 0.1) is 5.92 Å². The number of rotatable bonds is 6. The molecule has 1 heterocycles. The number of thiophene rings is 1. The number of carbonyl (C=O) groups excluding carboxylic acids is 3. The van der Waals surface area contributed by atoms with Gasteiger partial charge in [-0.25, -0.2) is 0 Å². The fourth-order valence-electron chi connectivity index (χ4n) is 2.01. The molecule has 1 aromatic carbocycles. The monoisotopic (exact) mass is 344 g/mol. The molecule has 6 heteroatoms. The zero-order chi connectivity index (χ0) is 17.7. The number of hydrogen-bond acceptors (Lipinski definition) is 4. The fourth-order valence-corrected chi connectivity index (χ4v) is 2.85. The fraction of sp³-hybridized carbons (Fsp3) is 0.278. The van der Waals surface area contributed by atoms with Gasteiger partial charge in [0.15, 0.2) is 5.78 Å². The molecule has 0 radical (unpaired) electrons. The van der Waals surface area contributed by atoms with Crippen molar-refractivity contribution in [2.75, 3.05) is 11.9 Å². The molecule has 0 saturated heterocycles. The second kappa shape index (κ2) is 7.88. The maximum Gasteiger partial charge on any atom is 0.265 e. The smallest absolute Gasteiger partial charge is 0.265 e. The summed E-state index contributed by atoms with van der Waals surface area (Å²) in [5.74, 6) is -0.308. The first-order valence-corrected chi connectivity index (χ1v) is 8.54. The summed E-state index contributed by atoms with van der Waals surface area (Å²) in [6.45, 7) is 6.04. The number of Topliss-reactive ketones (excluding diaryl/α,β-unsaturated/α-hetero) is 1. The lowest BCUT2D eigenvalue weighted by Gasteiger charge is -2.12. The first-order valence-electron chi connectivity index (χ1n) is 7.66. The highest BCUT2D eigenvalue weighted by Gasteiger charge is 2.16. The number of benzene rings is 1. The van der Waals surface area contributed by atoms with Crippen LogP contribution in [0.15, 0.2) is 35.7 Å². The summed E-state index contributed by atoms with van der Waals surface area (Å²) < 4.78 is 0. The van der Waals surface area contributed by atoms with E-state index >= 15 is 0 Å². The molecule has 0 saturated carbocycles. The largest absolute Gasteiger partial charge is 0.352 e. The molecule has 2 N–H and O–H groups in total. The van der Waals surface area contributed by atoms with E-state index in [-0.39, 0.29) is 17.6 Å². The van der Waals surface area contributed by atoms with Crippen LogP contribution >= 0.6 is 11.3 Å². The van der Waals surface area contributed by atoms with Crippen LogP contribution in [0.2, 0.25) is 0 Å². The van der Waals surface area contributed by atoms with Crippen LogP contribution in [-0.2, 0) is 0 Å². The Balaban J connectivity index is 2.15. The summed E-state index contributed by atoms with van der Waals surface area (Å²) in [7, 11) is 0. The van der Waals surface area contributed by atoms with E-state index in [0.717, 1.165) is 0 Å². The number of amides is 2. The van der Waals surface area contributed by atoms with Crippen molar-refractivity contribution >= 4 is 34.6 Å². The van der Waals surface area contributed by atoms with Crippen molar-refractivity contribution in [3.8, 4) is 0 Å². The van der Waals surface area contributed by atoms with Crippen molar-refractivity contribution in [3.05, 3.63) is 51.7 Å². The number of hydrogen-bond donors (Lipinski definition) is 2. The molecule has 0 bridgehead atoms. The van der Waals surface area contributed by atoms with Gasteiger partial charge in [0.05, 0.1) is 16.1 Å². The Hall–Kier alpha value is -2.47. The molecule has 24 heavy (non-hydrogen) atoms. The molecule has 0 unspecified atom stereocenters. The van der Waals surface area contributed by atoms with Crippen molar-refractivity contribution in [2.45, 2.75) is 20.8 Å². The molecular formula is C18H20N2O3S. The summed E-state index contributed by atoms with van der Waals surface area (Å²) in [4.78, 5) is 36.4. The molecule has 5 nitrogen and oxygen atoms in total. The van der Waals surface area contributed by atoms with Gasteiger partial charge < -0.3 is 10.6 Å². The van der Waals surface area contributed by atoms with Crippen LogP contribution in [-0.4, -0.2) is 24.1 Å². The van der Waals surface area contributed by atoms with E-state index in [0.29, 0.717) is 34.2 Å². The molecule has 0 aliphatic heterocycles. The summed E-state index contributed by atoms with van der Waals surface area (Å²) in [5, 5.41) is 7.24. The zero-order valence-corrected chi connectivity index (χ0v) is 14.7. The maximum absolute atomic E-state index is 12.3. The van der Waals surface area contributed by atoms with Gasteiger partial charge in [0.1, 0.15) is 0 Å². The molecule has 0 atom stereocenters. The van der Waals surface area contributed by atoms with Gasteiger partial charge in [-0.15, -0.1) is 11.3 Å². The van der Waals surface area contributed by atoms with Crippen molar-refractivity contribution < 1.29 is 14.4 Å². The number of nitrogens with one attached hydrogen (secondary N) is 2.